The van der Waals surface area contributed by atoms with E-state index in [0.29, 0.717) is 11.5 Å². The Balaban J connectivity index is 1.93. The van der Waals surface area contributed by atoms with Crippen molar-refractivity contribution in [3.8, 4) is 0 Å². The van der Waals surface area contributed by atoms with Crippen molar-refractivity contribution >= 4 is 11.6 Å². The number of anilines is 1. The van der Waals surface area contributed by atoms with Crippen molar-refractivity contribution < 1.29 is 4.79 Å². The highest BCUT2D eigenvalue weighted by Gasteiger charge is 2.28. The number of hydrogen-bond donors (Lipinski definition) is 2. The van der Waals surface area contributed by atoms with Crippen LogP contribution in [-0.4, -0.2) is 24.0 Å². The molecule has 1 unspecified atom stereocenters. The van der Waals surface area contributed by atoms with Crippen molar-refractivity contribution in [2.75, 3.05) is 18.4 Å². The molecule has 19 heavy (non-hydrogen) atoms. The molecule has 4 nitrogen and oxygen atoms in total. The van der Waals surface area contributed by atoms with Crippen LogP contribution in [-0.2, 0) is 0 Å². The Hall–Kier alpha value is -1.58. The lowest BCUT2D eigenvalue weighted by molar-refractivity contribution is 0.0947. The fraction of sp³-hybridized carbons (Fsp3) is 0.600. The van der Waals surface area contributed by atoms with Gasteiger partial charge in [-0.25, -0.2) is 0 Å². The molecule has 1 atom stereocenters. The number of rotatable bonds is 7. The molecular weight excluding hydrogens is 238 g/mol. The van der Waals surface area contributed by atoms with Crippen LogP contribution in [0.25, 0.3) is 0 Å². The molecule has 0 radical (unpaired) electrons. The first-order valence-corrected chi connectivity index (χ1v) is 7.18. The second kappa shape index (κ2) is 6.55. The van der Waals surface area contributed by atoms with E-state index in [1.165, 1.54) is 12.8 Å². The summed E-state index contributed by atoms with van der Waals surface area (Å²) in [6.07, 6.45) is 7.03. The quantitative estimate of drug-likeness (QED) is 0.793. The van der Waals surface area contributed by atoms with E-state index in [1.807, 2.05) is 0 Å². The van der Waals surface area contributed by atoms with E-state index in [9.17, 15) is 4.79 Å². The summed E-state index contributed by atoms with van der Waals surface area (Å²) < 4.78 is 0. The molecule has 0 spiro atoms. The number of aromatic nitrogens is 1. The van der Waals surface area contributed by atoms with Crippen molar-refractivity contribution in [2.45, 2.75) is 33.1 Å². The molecule has 0 aliphatic heterocycles. The number of carbonyl (C=O) groups is 1. The number of nitrogens with one attached hydrogen (secondary N) is 2. The highest BCUT2D eigenvalue weighted by atomic mass is 16.1. The van der Waals surface area contributed by atoms with Crippen LogP contribution in [0.3, 0.4) is 0 Å². The van der Waals surface area contributed by atoms with Gasteiger partial charge in [0.2, 0.25) is 0 Å². The molecule has 1 aromatic rings. The maximum atomic E-state index is 12.2. The van der Waals surface area contributed by atoms with Gasteiger partial charge in [-0.15, -0.1) is 0 Å². The largest absolute Gasteiger partial charge is 0.383 e. The van der Waals surface area contributed by atoms with Crippen LogP contribution >= 0.6 is 0 Å². The van der Waals surface area contributed by atoms with Gasteiger partial charge in [0.15, 0.2) is 0 Å². The van der Waals surface area contributed by atoms with E-state index in [-0.39, 0.29) is 5.91 Å². The summed E-state index contributed by atoms with van der Waals surface area (Å²) in [6, 6.07) is 1.77. The summed E-state index contributed by atoms with van der Waals surface area (Å²) in [6.45, 7) is 5.92. The van der Waals surface area contributed by atoms with Gasteiger partial charge in [-0.05, 0) is 37.2 Å². The third-order valence-corrected chi connectivity index (χ3v) is 3.64. The first-order chi connectivity index (χ1) is 9.22. The van der Waals surface area contributed by atoms with Crippen molar-refractivity contribution in [3.63, 3.8) is 0 Å². The highest BCUT2D eigenvalue weighted by molar-refractivity contribution is 5.99. The van der Waals surface area contributed by atoms with Crippen LogP contribution in [0, 0.1) is 11.8 Å². The molecule has 0 aromatic carbocycles. The van der Waals surface area contributed by atoms with E-state index in [4.69, 9.17) is 0 Å². The molecule has 104 valence electrons. The zero-order chi connectivity index (χ0) is 13.7. The van der Waals surface area contributed by atoms with Crippen LogP contribution in [0.2, 0.25) is 0 Å². The van der Waals surface area contributed by atoms with Crippen molar-refractivity contribution in [3.05, 3.63) is 24.0 Å². The number of pyridine rings is 1. The van der Waals surface area contributed by atoms with E-state index in [2.05, 4.69) is 29.5 Å². The summed E-state index contributed by atoms with van der Waals surface area (Å²) >= 11 is 0. The zero-order valence-electron chi connectivity index (χ0n) is 11.8. The second-order valence-electron chi connectivity index (χ2n) is 5.37. The summed E-state index contributed by atoms with van der Waals surface area (Å²) in [4.78, 5) is 16.3. The average molecular weight is 261 g/mol. The second-order valence-corrected chi connectivity index (χ2v) is 5.37. The minimum absolute atomic E-state index is 0.00602. The van der Waals surface area contributed by atoms with Crippen LogP contribution < -0.4 is 10.6 Å². The lowest BCUT2D eigenvalue weighted by Gasteiger charge is -2.14. The van der Waals surface area contributed by atoms with Gasteiger partial charge in [-0.2, -0.15) is 0 Å². The van der Waals surface area contributed by atoms with Gasteiger partial charge in [-0.3, -0.25) is 9.78 Å². The molecule has 2 N–H and O–H groups in total. The minimum atomic E-state index is -0.00602. The standard InChI is InChI=1S/C15H23N3O/c1-3-7-17-14-10-16-8-6-13(14)15(19)18-9-11(2)12-4-5-12/h6,8,10-12,17H,3-5,7,9H2,1-2H3,(H,18,19). The van der Waals surface area contributed by atoms with Crippen LogP contribution in [0.15, 0.2) is 18.5 Å². The maximum Gasteiger partial charge on any atom is 0.253 e. The zero-order valence-corrected chi connectivity index (χ0v) is 11.8. The molecule has 2 rings (SSSR count). The Bertz CT molecular complexity index is 429. The SMILES string of the molecule is CCCNc1cnccc1C(=O)NCC(C)C1CC1. The molecule has 1 aliphatic carbocycles. The molecule has 1 aromatic heterocycles. The molecule has 1 amide bonds. The van der Waals surface area contributed by atoms with Gasteiger partial charge in [0, 0.05) is 19.3 Å². The van der Waals surface area contributed by atoms with Gasteiger partial charge in [0.1, 0.15) is 0 Å². The monoisotopic (exact) mass is 261 g/mol. The first-order valence-electron chi connectivity index (χ1n) is 7.18. The Morgan fingerprint density at radius 1 is 1.53 bits per heavy atom. The van der Waals surface area contributed by atoms with Gasteiger partial charge in [0.05, 0.1) is 17.4 Å². The lowest BCUT2D eigenvalue weighted by atomic mass is 10.1. The topological polar surface area (TPSA) is 54.0 Å². The van der Waals surface area contributed by atoms with Crippen molar-refractivity contribution in [1.29, 1.82) is 0 Å². The minimum Gasteiger partial charge on any atom is -0.383 e. The number of nitrogens with zero attached hydrogens (tertiary/aromatic N) is 1. The molecular formula is C15H23N3O. The third kappa shape index (κ3) is 3.94. The van der Waals surface area contributed by atoms with Crippen molar-refractivity contribution in [1.82, 2.24) is 10.3 Å². The Labute approximate surface area is 115 Å². The molecule has 1 saturated carbocycles. The van der Waals surface area contributed by atoms with E-state index >= 15 is 0 Å². The third-order valence-electron chi connectivity index (χ3n) is 3.64. The smallest absolute Gasteiger partial charge is 0.253 e. The summed E-state index contributed by atoms with van der Waals surface area (Å²) in [5.41, 5.74) is 1.51. The maximum absolute atomic E-state index is 12.2. The Morgan fingerprint density at radius 3 is 3.00 bits per heavy atom. The van der Waals surface area contributed by atoms with Crippen LogP contribution in [0.4, 0.5) is 5.69 Å². The van der Waals surface area contributed by atoms with Gasteiger partial charge in [-0.1, -0.05) is 13.8 Å². The lowest BCUT2D eigenvalue weighted by Crippen LogP contribution is -2.29. The predicted molar refractivity (Wildman–Crippen MR) is 77.2 cm³/mol. The number of carbonyl (C=O) groups excluding carboxylic acids is 1. The van der Waals surface area contributed by atoms with Crippen LogP contribution in [0.5, 0.6) is 0 Å². The van der Waals surface area contributed by atoms with E-state index in [1.54, 1.807) is 18.5 Å². The summed E-state index contributed by atoms with van der Waals surface area (Å²) in [7, 11) is 0. The highest BCUT2D eigenvalue weighted by Crippen LogP contribution is 2.36. The van der Waals surface area contributed by atoms with Crippen LogP contribution in [0.1, 0.15) is 43.5 Å². The fourth-order valence-corrected chi connectivity index (χ4v) is 2.17. The van der Waals surface area contributed by atoms with E-state index in [0.717, 1.165) is 31.1 Å². The molecule has 4 heteroatoms. The molecule has 1 heterocycles. The molecule has 1 fully saturated rings. The van der Waals surface area contributed by atoms with Crippen molar-refractivity contribution in [2.24, 2.45) is 11.8 Å². The molecule has 1 aliphatic rings. The van der Waals surface area contributed by atoms with E-state index < -0.39 is 0 Å². The summed E-state index contributed by atoms with van der Waals surface area (Å²) in [5, 5.41) is 6.27. The Morgan fingerprint density at radius 2 is 2.32 bits per heavy atom. The number of hydrogen-bond acceptors (Lipinski definition) is 3. The van der Waals surface area contributed by atoms with Gasteiger partial charge >= 0.3 is 0 Å². The molecule has 0 bridgehead atoms. The summed E-state index contributed by atoms with van der Waals surface area (Å²) in [5.74, 6) is 1.39. The predicted octanol–water partition coefficient (Wildman–Crippen LogP) is 2.68. The number of amides is 1. The Kier molecular flexibility index (Phi) is 4.77. The first kappa shape index (κ1) is 13.8. The van der Waals surface area contributed by atoms with Gasteiger partial charge < -0.3 is 10.6 Å². The van der Waals surface area contributed by atoms with Gasteiger partial charge in [0.25, 0.3) is 5.91 Å². The molecule has 0 saturated heterocycles. The fourth-order valence-electron chi connectivity index (χ4n) is 2.17. The average Bonchev–Trinajstić information content (AvgIpc) is 3.27. The normalized spacial score (nSPS) is 15.9.